The minimum Gasteiger partial charge on any atom is -0.448 e. The van der Waals surface area contributed by atoms with E-state index in [1.165, 1.54) is 25.8 Å². The first kappa shape index (κ1) is 24.8. The van der Waals surface area contributed by atoms with Crippen LogP contribution >= 0.6 is 0 Å². The Balaban J connectivity index is 1.48. The quantitative estimate of drug-likeness (QED) is 0.605. The monoisotopic (exact) mass is 477 g/mol. The molecule has 2 aromatic rings. The molecule has 1 saturated carbocycles. The Morgan fingerprint density at radius 1 is 0.886 bits per heavy atom. The van der Waals surface area contributed by atoms with Crippen molar-refractivity contribution in [1.82, 2.24) is 14.7 Å². The van der Waals surface area contributed by atoms with Crippen molar-refractivity contribution in [2.75, 3.05) is 41.3 Å². The van der Waals surface area contributed by atoms with Gasteiger partial charge in [0.1, 0.15) is 12.6 Å². The Labute approximate surface area is 207 Å². The Kier molecular flexibility index (Phi) is 7.43. The molecule has 0 heterocycles. The van der Waals surface area contributed by atoms with Crippen LogP contribution in [0, 0.1) is 5.92 Å². The zero-order valence-corrected chi connectivity index (χ0v) is 21.1. The van der Waals surface area contributed by atoms with E-state index in [1.807, 2.05) is 24.3 Å². The molecule has 1 atom stereocenters. The lowest BCUT2D eigenvalue weighted by molar-refractivity contribution is -0.142. The first-order chi connectivity index (χ1) is 16.8. The lowest BCUT2D eigenvalue weighted by Crippen LogP contribution is -2.53. The molecular weight excluding hydrogens is 442 g/mol. The van der Waals surface area contributed by atoms with Gasteiger partial charge in [-0.2, -0.15) is 0 Å². The van der Waals surface area contributed by atoms with Crippen molar-refractivity contribution in [2.24, 2.45) is 5.92 Å². The third-order valence-corrected chi connectivity index (χ3v) is 7.39. The van der Waals surface area contributed by atoms with Crippen LogP contribution in [0.15, 0.2) is 48.5 Å². The zero-order valence-electron chi connectivity index (χ0n) is 21.1. The van der Waals surface area contributed by atoms with E-state index in [0.717, 1.165) is 36.8 Å². The smallest absolute Gasteiger partial charge is 0.410 e. The Morgan fingerprint density at radius 2 is 1.43 bits per heavy atom. The molecule has 1 fully saturated rings. The van der Waals surface area contributed by atoms with Crippen LogP contribution in [0.4, 0.5) is 4.79 Å². The number of hydrogen-bond acceptors (Lipinski definition) is 4. The highest BCUT2D eigenvalue weighted by atomic mass is 16.6. The van der Waals surface area contributed by atoms with Crippen LogP contribution in [0.25, 0.3) is 11.1 Å². The molecule has 0 radical (unpaired) electrons. The minimum absolute atomic E-state index is 0.0203. The highest BCUT2D eigenvalue weighted by Gasteiger charge is 2.39. The number of fused-ring (bicyclic) bond motifs is 3. The molecule has 0 bridgehead atoms. The van der Waals surface area contributed by atoms with Gasteiger partial charge in [-0.15, -0.1) is 0 Å². The van der Waals surface area contributed by atoms with Crippen LogP contribution in [0.3, 0.4) is 0 Å². The molecule has 0 saturated heterocycles. The molecule has 2 aliphatic carbocycles. The summed E-state index contributed by atoms with van der Waals surface area (Å²) >= 11 is 0. The van der Waals surface area contributed by atoms with Gasteiger partial charge in [0.05, 0.1) is 6.54 Å². The summed E-state index contributed by atoms with van der Waals surface area (Å²) in [6.07, 6.45) is 3.32. The predicted molar refractivity (Wildman–Crippen MR) is 135 cm³/mol. The molecule has 35 heavy (non-hydrogen) atoms. The third-order valence-electron chi connectivity index (χ3n) is 7.39. The van der Waals surface area contributed by atoms with E-state index in [2.05, 4.69) is 24.3 Å². The molecule has 1 unspecified atom stereocenters. The SMILES string of the molecule is CN(C)C(=O)CN(C)C(=O)C(C1CCCC1)N(C)C(=O)OCC1c2ccccc2-c2ccccc21. The van der Waals surface area contributed by atoms with Crippen molar-refractivity contribution in [3.05, 3.63) is 59.7 Å². The molecule has 4 rings (SSSR count). The Hall–Kier alpha value is -3.35. The summed E-state index contributed by atoms with van der Waals surface area (Å²) in [5.74, 6) is -0.358. The summed E-state index contributed by atoms with van der Waals surface area (Å²) in [5.41, 5.74) is 4.64. The highest BCUT2D eigenvalue weighted by molar-refractivity contribution is 5.89. The van der Waals surface area contributed by atoms with Gasteiger partial charge >= 0.3 is 6.09 Å². The number of carbonyl (C=O) groups is 3. The van der Waals surface area contributed by atoms with Gasteiger partial charge in [0.25, 0.3) is 0 Å². The van der Waals surface area contributed by atoms with E-state index in [4.69, 9.17) is 4.74 Å². The topological polar surface area (TPSA) is 70.2 Å². The van der Waals surface area contributed by atoms with Crippen molar-refractivity contribution in [3.8, 4) is 11.1 Å². The number of benzene rings is 2. The number of nitrogens with zero attached hydrogens (tertiary/aromatic N) is 3. The molecule has 0 spiro atoms. The summed E-state index contributed by atoms with van der Waals surface area (Å²) < 4.78 is 5.83. The van der Waals surface area contributed by atoms with E-state index in [1.54, 1.807) is 28.2 Å². The van der Waals surface area contributed by atoms with Gasteiger partial charge in [0.15, 0.2) is 0 Å². The van der Waals surface area contributed by atoms with Crippen molar-refractivity contribution in [3.63, 3.8) is 0 Å². The van der Waals surface area contributed by atoms with Crippen LogP contribution in [-0.4, -0.2) is 80.0 Å². The second kappa shape index (κ2) is 10.5. The van der Waals surface area contributed by atoms with Crippen LogP contribution in [-0.2, 0) is 14.3 Å². The van der Waals surface area contributed by atoms with Gasteiger partial charge in [-0.1, -0.05) is 61.4 Å². The summed E-state index contributed by atoms with van der Waals surface area (Å²) in [6, 6.07) is 15.8. The fourth-order valence-corrected chi connectivity index (χ4v) is 5.41. The molecule has 3 amide bonds. The summed E-state index contributed by atoms with van der Waals surface area (Å²) in [4.78, 5) is 43.2. The first-order valence-electron chi connectivity index (χ1n) is 12.3. The van der Waals surface area contributed by atoms with Crippen LogP contribution < -0.4 is 0 Å². The van der Waals surface area contributed by atoms with E-state index < -0.39 is 12.1 Å². The maximum Gasteiger partial charge on any atom is 0.410 e. The van der Waals surface area contributed by atoms with Crippen molar-refractivity contribution in [2.45, 2.75) is 37.6 Å². The number of ether oxygens (including phenoxy) is 1. The zero-order chi connectivity index (χ0) is 25.1. The largest absolute Gasteiger partial charge is 0.448 e. The standard InChI is InChI=1S/C28H35N3O4/c1-29(2)25(32)17-30(3)27(33)26(19-11-5-6-12-19)31(4)28(34)35-18-24-22-15-9-7-13-20(22)21-14-8-10-16-23(21)24/h7-10,13-16,19,24,26H,5-6,11-12,17-18H2,1-4H3. The van der Waals surface area contributed by atoms with Gasteiger partial charge in [0.2, 0.25) is 11.8 Å². The van der Waals surface area contributed by atoms with Crippen LogP contribution in [0.2, 0.25) is 0 Å². The molecule has 0 aromatic heterocycles. The van der Waals surface area contributed by atoms with Crippen molar-refractivity contribution in [1.29, 1.82) is 0 Å². The van der Waals surface area contributed by atoms with Crippen LogP contribution in [0.1, 0.15) is 42.7 Å². The second-order valence-corrected chi connectivity index (χ2v) is 9.89. The van der Waals surface area contributed by atoms with E-state index >= 15 is 0 Å². The van der Waals surface area contributed by atoms with Gasteiger partial charge in [-0.3, -0.25) is 14.5 Å². The number of likely N-dealkylation sites (N-methyl/N-ethyl adjacent to an activating group) is 3. The number of amides is 3. The van der Waals surface area contributed by atoms with E-state index in [9.17, 15) is 14.4 Å². The highest BCUT2D eigenvalue weighted by Crippen LogP contribution is 2.44. The number of rotatable bonds is 7. The van der Waals surface area contributed by atoms with Gasteiger partial charge in [0, 0.05) is 34.1 Å². The van der Waals surface area contributed by atoms with Crippen LogP contribution in [0.5, 0.6) is 0 Å². The summed E-state index contributed by atoms with van der Waals surface area (Å²) in [6.45, 7) is 0.186. The first-order valence-corrected chi connectivity index (χ1v) is 12.3. The Bertz CT molecular complexity index is 1050. The molecule has 0 N–H and O–H groups in total. The summed E-state index contributed by atoms with van der Waals surface area (Å²) in [7, 11) is 6.59. The maximum absolute atomic E-state index is 13.4. The van der Waals surface area contributed by atoms with Gasteiger partial charge in [-0.25, -0.2) is 4.79 Å². The third kappa shape index (κ3) is 5.04. The Morgan fingerprint density at radius 3 is 1.97 bits per heavy atom. The lowest BCUT2D eigenvalue weighted by atomic mass is 9.95. The number of hydrogen-bond donors (Lipinski definition) is 0. The molecule has 186 valence electrons. The van der Waals surface area contributed by atoms with Gasteiger partial charge < -0.3 is 14.5 Å². The summed E-state index contributed by atoms with van der Waals surface area (Å²) in [5, 5.41) is 0. The molecule has 0 aliphatic heterocycles. The second-order valence-electron chi connectivity index (χ2n) is 9.89. The molecule has 7 nitrogen and oxygen atoms in total. The molecule has 7 heteroatoms. The fraction of sp³-hybridized carbons (Fsp3) is 0.464. The molecular formula is C28H35N3O4. The minimum atomic E-state index is -0.645. The number of carbonyl (C=O) groups excluding carboxylic acids is 3. The fourth-order valence-electron chi connectivity index (χ4n) is 5.41. The maximum atomic E-state index is 13.4. The average Bonchev–Trinajstić information content (AvgIpc) is 3.49. The van der Waals surface area contributed by atoms with Gasteiger partial charge in [-0.05, 0) is 41.0 Å². The van der Waals surface area contributed by atoms with Crippen molar-refractivity contribution >= 4 is 17.9 Å². The van der Waals surface area contributed by atoms with E-state index in [-0.39, 0.29) is 36.8 Å². The molecule has 2 aliphatic rings. The van der Waals surface area contributed by atoms with E-state index in [0.29, 0.717) is 0 Å². The normalized spacial score (nSPS) is 15.8. The predicted octanol–water partition coefficient (Wildman–Crippen LogP) is 3.97. The average molecular weight is 478 g/mol. The molecule has 2 aromatic carbocycles. The van der Waals surface area contributed by atoms with Crippen molar-refractivity contribution < 1.29 is 19.1 Å². The lowest BCUT2D eigenvalue weighted by Gasteiger charge is -2.34.